The third-order valence-corrected chi connectivity index (χ3v) is 3.18. The largest absolute Gasteiger partial charge is 0.349 e. The van der Waals surface area contributed by atoms with E-state index in [0.717, 1.165) is 13.0 Å². The first-order valence-electron chi connectivity index (χ1n) is 5.98. The molecular formula is C11H18N6O. The fourth-order valence-corrected chi connectivity index (χ4v) is 2.08. The maximum Gasteiger partial charge on any atom is 0.271 e. The summed E-state index contributed by atoms with van der Waals surface area (Å²) in [6, 6.07) is 0.415. The molecule has 1 aliphatic heterocycles. The van der Waals surface area contributed by atoms with Gasteiger partial charge in [-0.25, -0.2) is 10.8 Å². The van der Waals surface area contributed by atoms with Crippen LogP contribution in [0.5, 0.6) is 0 Å². The Bertz CT molecular complexity index is 424. The van der Waals surface area contributed by atoms with E-state index in [0.29, 0.717) is 18.4 Å². The number of amides is 1. The van der Waals surface area contributed by atoms with Crippen LogP contribution in [0.4, 0.5) is 5.82 Å². The Kier molecular flexibility index (Phi) is 4.06. The summed E-state index contributed by atoms with van der Waals surface area (Å²) in [5.74, 6) is 5.37. The van der Waals surface area contributed by atoms with Gasteiger partial charge in [0, 0.05) is 12.6 Å². The molecule has 1 atom stereocenters. The average Bonchev–Trinajstić information content (AvgIpc) is 2.81. The molecule has 1 amide bonds. The van der Waals surface area contributed by atoms with Crippen molar-refractivity contribution in [2.75, 3.05) is 25.6 Å². The summed E-state index contributed by atoms with van der Waals surface area (Å²) in [4.78, 5) is 22.1. The van der Waals surface area contributed by atoms with Crippen LogP contribution in [0.25, 0.3) is 0 Å². The van der Waals surface area contributed by atoms with E-state index in [4.69, 9.17) is 5.84 Å². The first-order chi connectivity index (χ1) is 8.70. The SMILES string of the molecule is CN1CCCC1CNC(=O)c1cncc(NN)n1. The standard InChI is InChI=1S/C11H18N6O/c1-17-4-2-3-8(17)5-14-11(18)9-6-13-7-10(15-9)16-12/h6-8H,2-5,12H2,1H3,(H,14,18)(H,15,16). The number of aromatic nitrogens is 2. The first kappa shape index (κ1) is 12.7. The molecule has 0 spiro atoms. The molecule has 0 saturated carbocycles. The highest BCUT2D eigenvalue weighted by Gasteiger charge is 2.21. The number of nitrogen functional groups attached to an aromatic ring is 1. The minimum Gasteiger partial charge on any atom is -0.349 e. The predicted octanol–water partition coefficient (Wildman–Crippen LogP) is -0.414. The molecule has 0 radical (unpaired) electrons. The van der Waals surface area contributed by atoms with Crippen molar-refractivity contribution in [2.45, 2.75) is 18.9 Å². The molecule has 1 aliphatic rings. The van der Waals surface area contributed by atoms with Gasteiger partial charge < -0.3 is 15.6 Å². The second kappa shape index (κ2) is 5.74. The number of anilines is 1. The number of hydrazine groups is 1. The van der Waals surface area contributed by atoms with Gasteiger partial charge in [0.05, 0.1) is 12.4 Å². The zero-order chi connectivity index (χ0) is 13.0. The molecule has 18 heavy (non-hydrogen) atoms. The molecule has 7 heteroatoms. The number of hydrogen-bond donors (Lipinski definition) is 3. The van der Waals surface area contributed by atoms with Gasteiger partial charge in [0.25, 0.3) is 5.91 Å². The molecule has 1 aromatic heterocycles. The van der Waals surface area contributed by atoms with Crippen LogP contribution in [0.3, 0.4) is 0 Å². The molecule has 1 fully saturated rings. The average molecular weight is 250 g/mol. The highest BCUT2D eigenvalue weighted by Crippen LogP contribution is 2.13. The maximum absolute atomic E-state index is 11.9. The summed E-state index contributed by atoms with van der Waals surface area (Å²) in [7, 11) is 2.07. The monoisotopic (exact) mass is 250 g/mol. The lowest BCUT2D eigenvalue weighted by Crippen LogP contribution is -2.38. The second-order valence-corrected chi connectivity index (χ2v) is 4.42. The van der Waals surface area contributed by atoms with Gasteiger partial charge in [0.2, 0.25) is 0 Å². The molecule has 4 N–H and O–H groups in total. The lowest BCUT2D eigenvalue weighted by Gasteiger charge is -2.19. The minimum absolute atomic E-state index is 0.222. The van der Waals surface area contributed by atoms with Crippen LogP contribution in [0.2, 0.25) is 0 Å². The first-order valence-corrected chi connectivity index (χ1v) is 5.98. The van der Waals surface area contributed by atoms with Crippen LogP contribution in [-0.2, 0) is 0 Å². The van der Waals surface area contributed by atoms with Crippen molar-refractivity contribution in [3.8, 4) is 0 Å². The van der Waals surface area contributed by atoms with Gasteiger partial charge in [-0.3, -0.25) is 9.78 Å². The highest BCUT2D eigenvalue weighted by molar-refractivity contribution is 5.92. The topological polar surface area (TPSA) is 96.2 Å². The van der Waals surface area contributed by atoms with E-state index in [1.54, 1.807) is 0 Å². The fourth-order valence-electron chi connectivity index (χ4n) is 2.08. The van der Waals surface area contributed by atoms with Crippen molar-refractivity contribution < 1.29 is 4.79 Å². The Labute approximate surface area is 106 Å². The second-order valence-electron chi connectivity index (χ2n) is 4.42. The zero-order valence-corrected chi connectivity index (χ0v) is 10.4. The molecule has 2 heterocycles. The molecule has 1 unspecified atom stereocenters. The van der Waals surface area contributed by atoms with E-state index in [1.807, 2.05) is 0 Å². The molecule has 0 aliphatic carbocycles. The molecule has 1 saturated heterocycles. The van der Waals surface area contributed by atoms with Crippen LogP contribution < -0.4 is 16.6 Å². The zero-order valence-electron chi connectivity index (χ0n) is 10.4. The van der Waals surface area contributed by atoms with Crippen molar-refractivity contribution in [2.24, 2.45) is 5.84 Å². The van der Waals surface area contributed by atoms with Crippen LogP contribution >= 0.6 is 0 Å². The Morgan fingerprint density at radius 1 is 1.61 bits per heavy atom. The van der Waals surface area contributed by atoms with Gasteiger partial charge in [-0.2, -0.15) is 0 Å². The summed E-state index contributed by atoms with van der Waals surface area (Å²) in [5.41, 5.74) is 2.63. The number of nitrogens with one attached hydrogen (secondary N) is 2. The number of hydrogen-bond acceptors (Lipinski definition) is 6. The molecule has 2 rings (SSSR count). The Morgan fingerprint density at radius 2 is 2.44 bits per heavy atom. The summed E-state index contributed by atoms with van der Waals surface area (Å²) in [6.07, 6.45) is 5.19. The molecule has 1 aromatic rings. The molecule has 7 nitrogen and oxygen atoms in total. The lowest BCUT2D eigenvalue weighted by molar-refractivity contribution is 0.0938. The Balaban J connectivity index is 1.90. The summed E-state index contributed by atoms with van der Waals surface area (Å²) in [6.45, 7) is 1.73. The quantitative estimate of drug-likeness (QED) is 0.496. The number of nitrogens with zero attached hydrogens (tertiary/aromatic N) is 3. The smallest absolute Gasteiger partial charge is 0.271 e. The number of carbonyl (C=O) groups is 1. The van der Waals surface area contributed by atoms with Gasteiger partial charge in [-0.1, -0.05) is 0 Å². The lowest BCUT2D eigenvalue weighted by atomic mass is 10.2. The summed E-state index contributed by atoms with van der Waals surface area (Å²) < 4.78 is 0. The third kappa shape index (κ3) is 2.93. The van der Waals surface area contributed by atoms with Gasteiger partial charge >= 0.3 is 0 Å². The Hall–Kier alpha value is -1.73. The number of carbonyl (C=O) groups excluding carboxylic acids is 1. The third-order valence-electron chi connectivity index (χ3n) is 3.18. The molecule has 98 valence electrons. The van der Waals surface area contributed by atoms with Gasteiger partial charge in [0.15, 0.2) is 5.82 Å². The van der Waals surface area contributed by atoms with E-state index < -0.39 is 0 Å². The van der Waals surface area contributed by atoms with Crippen LogP contribution in [0, 0.1) is 0 Å². The van der Waals surface area contributed by atoms with E-state index >= 15 is 0 Å². The van der Waals surface area contributed by atoms with Gasteiger partial charge in [-0.15, -0.1) is 0 Å². The predicted molar refractivity (Wildman–Crippen MR) is 67.8 cm³/mol. The van der Waals surface area contributed by atoms with Crippen LogP contribution in [-0.4, -0.2) is 47.0 Å². The van der Waals surface area contributed by atoms with Crippen molar-refractivity contribution in [3.63, 3.8) is 0 Å². The van der Waals surface area contributed by atoms with Crippen molar-refractivity contribution in [1.82, 2.24) is 20.2 Å². The van der Waals surface area contributed by atoms with Crippen LogP contribution in [0.1, 0.15) is 23.3 Å². The minimum atomic E-state index is -0.222. The van der Waals surface area contributed by atoms with E-state index in [9.17, 15) is 4.79 Å². The van der Waals surface area contributed by atoms with Gasteiger partial charge in [0.1, 0.15) is 5.69 Å². The number of likely N-dealkylation sites (tertiary alicyclic amines) is 1. The van der Waals surface area contributed by atoms with Crippen LogP contribution in [0.15, 0.2) is 12.4 Å². The summed E-state index contributed by atoms with van der Waals surface area (Å²) >= 11 is 0. The normalized spacial score (nSPS) is 19.8. The fraction of sp³-hybridized carbons (Fsp3) is 0.545. The molecule has 0 aromatic carbocycles. The van der Waals surface area contributed by atoms with E-state index in [1.165, 1.54) is 18.8 Å². The molecule has 0 bridgehead atoms. The van der Waals surface area contributed by atoms with Crippen molar-refractivity contribution in [3.05, 3.63) is 18.1 Å². The Morgan fingerprint density at radius 3 is 3.11 bits per heavy atom. The van der Waals surface area contributed by atoms with E-state index in [2.05, 4.69) is 32.7 Å². The highest BCUT2D eigenvalue weighted by atomic mass is 16.1. The van der Waals surface area contributed by atoms with E-state index in [-0.39, 0.29) is 11.6 Å². The number of rotatable bonds is 4. The number of nitrogens with two attached hydrogens (primary N) is 1. The maximum atomic E-state index is 11.9. The summed E-state index contributed by atoms with van der Waals surface area (Å²) in [5, 5.41) is 2.87. The van der Waals surface area contributed by atoms with Crippen molar-refractivity contribution in [1.29, 1.82) is 0 Å². The number of likely N-dealkylation sites (N-methyl/N-ethyl adjacent to an activating group) is 1. The molecular weight excluding hydrogens is 232 g/mol. The van der Waals surface area contributed by atoms with Crippen molar-refractivity contribution >= 4 is 11.7 Å². The van der Waals surface area contributed by atoms with Gasteiger partial charge in [-0.05, 0) is 26.4 Å².